The second-order valence-corrected chi connectivity index (χ2v) is 6.13. The van der Waals surface area contributed by atoms with Crippen LogP contribution in [0.5, 0.6) is 0 Å². The number of aliphatic hydroxyl groups is 2. The van der Waals surface area contributed by atoms with Gasteiger partial charge in [-0.2, -0.15) is 0 Å². The molecule has 1 saturated carbocycles. The van der Waals surface area contributed by atoms with Crippen LogP contribution in [0.15, 0.2) is 24.3 Å². The molecule has 1 aliphatic carbocycles. The van der Waals surface area contributed by atoms with Crippen molar-refractivity contribution in [3.63, 3.8) is 0 Å². The molecule has 1 fully saturated rings. The van der Waals surface area contributed by atoms with Crippen LogP contribution in [0.25, 0.3) is 0 Å². The van der Waals surface area contributed by atoms with Gasteiger partial charge in [0.1, 0.15) is 0 Å². The largest absolute Gasteiger partial charge is 0.366 e. The van der Waals surface area contributed by atoms with E-state index in [1.807, 2.05) is 0 Å². The third-order valence-corrected chi connectivity index (χ3v) is 4.49. The van der Waals surface area contributed by atoms with E-state index in [4.69, 9.17) is 0 Å². The van der Waals surface area contributed by atoms with Crippen molar-refractivity contribution in [1.29, 1.82) is 0 Å². The molecule has 2 heteroatoms. The third-order valence-electron chi connectivity index (χ3n) is 4.49. The molecular formula is C17H26O2. The lowest BCUT2D eigenvalue weighted by Gasteiger charge is -2.34. The number of hydrogen-bond acceptors (Lipinski definition) is 2. The molecule has 0 aliphatic heterocycles. The monoisotopic (exact) mass is 262 g/mol. The summed E-state index contributed by atoms with van der Waals surface area (Å²) in [7, 11) is 0. The van der Waals surface area contributed by atoms with Gasteiger partial charge in [0.05, 0.1) is 0 Å². The Labute approximate surface area is 116 Å². The highest BCUT2D eigenvalue weighted by Gasteiger charge is 2.33. The van der Waals surface area contributed by atoms with E-state index in [1.54, 1.807) is 0 Å². The van der Waals surface area contributed by atoms with Gasteiger partial charge in [-0.05, 0) is 56.1 Å². The topological polar surface area (TPSA) is 40.5 Å². The van der Waals surface area contributed by atoms with Crippen molar-refractivity contribution in [3.8, 4) is 0 Å². The molecule has 0 spiro atoms. The van der Waals surface area contributed by atoms with Gasteiger partial charge in [-0.3, -0.25) is 0 Å². The van der Waals surface area contributed by atoms with Gasteiger partial charge < -0.3 is 10.2 Å². The van der Waals surface area contributed by atoms with Crippen LogP contribution in [0.2, 0.25) is 0 Å². The maximum atomic E-state index is 9.65. The van der Waals surface area contributed by atoms with Crippen LogP contribution in [0.4, 0.5) is 0 Å². The summed E-state index contributed by atoms with van der Waals surface area (Å²) in [5.74, 6) is -0.881. The molecule has 106 valence electrons. The quantitative estimate of drug-likeness (QED) is 0.814. The van der Waals surface area contributed by atoms with Gasteiger partial charge in [-0.25, -0.2) is 0 Å². The number of aryl methyl sites for hydroxylation is 1. The van der Waals surface area contributed by atoms with Crippen molar-refractivity contribution < 1.29 is 10.2 Å². The minimum absolute atomic E-state index is 0.0307. The summed E-state index contributed by atoms with van der Waals surface area (Å²) >= 11 is 0. The predicted molar refractivity (Wildman–Crippen MR) is 78.0 cm³/mol. The highest BCUT2D eigenvalue weighted by atomic mass is 16.5. The Morgan fingerprint density at radius 3 is 2.11 bits per heavy atom. The molecule has 0 saturated heterocycles. The van der Waals surface area contributed by atoms with Crippen LogP contribution in [0, 0.1) is 5.92 Å². The molecule has 2 nitrogen and oxygen atoms in total. The fourth-order valence-electron chi connectivity index (χ4n) is 3.22. The Hall–Kier alpha value is -0.860. The lowest BCUT2D eigenvalue weighted by Crippen LogP contribution is -2.36. The lowest BCUT2D eigenvalue weighted by molar-refractivity contribution is -0.192. The molecule has 1 aliphatic rings. The summed E-state index contributed by atoms with van der Waals surface area (Å²) < 4.78 is 0. The van der Waals surface area contributed by atoms with Crippen molar-refractivity contribution in [1.82, 2.24) is 0 Å². The standard InChI is InChI=1S/C17H26O2/c1-3-4-13-5-7-14(8-6-13)15-9-11-16(12-10-15)17(2,18)19/h5-8,15-16,18-19H,3-4,9-12H2,1-2H3. The average Bonchev–Trinajstić information content (AvgIpc) is 2.39. The summed E-state index contributed by atoms with van der Waals surface area (Å²) in [6.45, 7) is 3.72. The van der Waals surface area contributed by atoms with Gasteiger partial charge in [-0.1, -0.05) is 37.6 Å². The summed E-state index contributed by atoms with van der Waals surface area (Å²) in [4.78, 5) is 0. The molecule has 2 N–H and O–H groups in total. The summed E-state index contributed by atoms with van der Waals surface area (Å²) in [6.07, 6.45) is 6.29. The van der Waals surface area contributed by atoms with Crippen molar-refractivity contribution in [2.24, 2.45) is 5.92 Å². The summed E-state index contributed by atoms with van der Waals surface area (Å²) in [6, 6.07) is 9.00. The van der Waals surface area contributed by atoms with E-state index in [-0.39, 0.29) is 5.92 Å². The van der Waals surface area contributed by atoms with Gasteiger partial charge in [0.2, 0.25) is 0 Å². The lowest BCUT2D eigenvalue weighted by atomic mass is 9.76. The Kier molecular flexibility index (Phi) is 4.64. The van der Waals surface area contributed by atoms with Crippen LogP contribution in [-0.4, -0.2) is 16.0 Å². The van der Waals surface area contributed by atoms with E-state index < -0.39 is 5.79 Å². The molecule has 2 rings (SSSR count). The molecule has 0 unspecified atom stereocenters. The van der Waals surface area contributed by atoms with Crippen LogP contribution in [-0.2, 0) is 6.42 Å². The first-order chi connectivity index (χ1) is 9.00. The minimum atomic E-state index is -1.50. The normalized spacial score (nSPS) is 24.4. The molecule has 1 aromatic rings. The van der Waals surface area contributed by atoms with Crippen molar-refractivity contribution in [2.75, 3.05) is 0 Å². The van der Waals surface area contributed by atoms with Crippen molar-refractivity contribution >= 4 is 0 Å². The van der Waals surface area contributed by atoms with E-state index in [0.29, 0.717) is 5.92 Å². The molecule has 0 bridgehead atoms. The predicted octanol–water partition coefficient (Wildman–Crippen LogP) is 3.61. The first kappa shape index (κ1) is 14.5. The molecule has 0 atom stereocenters. The van der Waals surface area contributed by atoms with Crippen LogP contribution < -0.4 is 0 Å². The summed E-state index contributed by atoms with van der Waals surface area (Å²) in [5.41, 5.74) is 2.83. The smallest absolute Gasteiger partial charge is 0.162 e. The molecule has 0 radical (unpaired) electrons. The Morgan fingerprint density at radius 2 is 1.63 bits per heavy atom. The van der Waals surface area contributed by atoms with Crippen LogP contribution >= 0.6 is 0 Å². The zero-order valence-corrected chi connectivity index (χ0v) is 12.1. The van der Waals surface area contributed by atoms with Crippen LogP contribution in [0.3, 0.4) is 0 Å². The second-order valence-electron chi connectivity index (χ2n) is 6.13. The number of hydrogen-bond donors (Lipinski definition) is 2. The SMILES string of the molecule is CCCc1ccc(C2CCC(C(C)(O)O)CC2)cc1. The fourth-order valence-corrected chi connectivity index (χ4v) is 3.22. The minimum Gasteiger partial charge on any atom is -0.366 e. The first-order valence-electron chi connectivity index (χ1n) is 7.54. The van der Waals surface area contributed by atoms with E-state index >= 15 is 0 Å². The van der Waals surface area contributed by atoms with Crippen molar-refractivity contribution in [2.45, 2.75) is 64.1 Å². The molecule has 19 heavy (non-hydrogen) atoms. The van der Waals surface area contributed by atoms with Gasteiger partial charge in [0.25, 0.3) is 0 Å². The first-order valence-corrected chi connectivity index (χ1v) is 7.54. The number of benzene rings is 1. The molecular weight excluding hydrogens is 236 g/mol. The van der Waals surface area contributed by atoms with Gasteiger partial charge in [0.15, 0.2) is 5.79 Å². The highest BCUT2D eigenvalue weighted by Crippen LogP contribution is 2.39. The Morgan fingerprint density at radius 1 is 1.05 bits per heavy atom. The maximum Gasteiger partial charge on any atom is 0.162 e. The fraction of sp³-hybridized carbons (Fsp3) is 0.647. The average molecular weight is 262 g/mol. The van der Waals surface area contributed by atoms with Gasteiger partial charge in [-0.15, -0.1) is 0 Å². The van der Waals surface area contributed by atoms with Crippen LogP contribution in [0.1, 0.15) is 63.0 Å². The van der Waals surface area contributed by atoms with E-state index in [0.717, 1.165) is 32.1 Å². The second kappa shape index (κ2) is 6.06. The zero-order valence-electron chi connectivity index (χ0n) is 12.1. The van der Waals surface area contributed by atoms with Crippen molar-refractivity contribution in [3.05, 3.63) is 35.4 Å². The molecule has 1 aromatic carbocycles. The van der Waals surface area contributed by atoms with E-state index in [2.05, 4.69) is 31.2 Å². The summed E-state index contributed by atoms with van der Waals surface area (Å²) in [5, 5.41) is 19.3. The highest BCUT2D eigenvalue weighted by molar-refractivity contribution is 5.26. The molecule has 0 heterocycles. The van der Waals surface area contributed by atoms with Gasteiger partial charge in [0, 0.05) is 5.92 Å². The van der Waals surface area contributed by atoms with E-state index in [9.17, 15) is 10.2 Å². The Balaban J connectivity index is 1.94. The Bertz CT molecular complexity index is 381. The van der Waals surface area contributed by atoms with E-state index in [1.165, 1.54) is 24.5 Å². The third kappa shape index (κ3) is 3.80. The number of rotatable bonds is 4. The molecule has 0 aromatic heterocycles. The molecule has 0 amide bonds. The maximum absolute atomic E-state index is 9.65. The van der Waals surface area contributed by atoms with Gasteiger partial charge >= 0.3 is 0 Å². The zero-order chi connectivity index (χ0) is 13.9.